The Hall–Kier alpha value is -4.14. The summed E-state index contributed by atoms with van der Waals surface area (Å²) < 4.78 is 5.79. The van der Waals surface area contributed by atoms with E-state index < -0.39 is 30.9 Å². The average molecular weight is 409 g/mol. The van der Waals surface area contributed by atoms with E-state index in [1.807, 2.05) is 30.3 Å². The molecule has 1 heterocycles. The Morgan fingerprint density at radius 2 is 1.70 bits per heavy atom. The van der Waals surface area contributed by atoms with Crippen LogP contribution in [0.5, 0.6) is 17.2 Å². The zero-order valence-electron chi connectivity index (χ0n) is 16.0. The molecule has 2 amide bonds. The van der Waals surface area contributed by atoms with Gasteiger partial charge in [0.25, 0.3) is 5.91 Å². The summed E-state index contributed by atoms with van der Waals surface area (Å²) in [5.74, 6) is -1.76. The fourth-order valence-electron chi connectivity index (χ4n) is 2.77. The Morgan fingerprint density at radius 1 is 0.967 bits per heavy atom. The van der Waals surface area contributed by atoms with Gasteiger partial charge in [0.1, 0.15) is 18.0 Å². The summed E-state index contributed by atoms with van der Waals surface area (Å²) >= 11 is 0. The fraction of sp³-hybridized carbons (Fsp3) is 0.143. The maximum Gasteiger partial charge on any atom is 0.322 e. The summed E-state index contributed by atoms with van der Waals surface area (Å²) in [6.07, 6.45) is 0. The van der Waals surface area contributed by atoms with Gasteiger partial charge in [0.2, 0.25) is 5.91 Å². The highest BCUT2D eigenvalue weighted by molar-refractivity contribution is 6.03. The number of carbonyl (C=O) groups is 3. The first-order chi connectivity index (χ1) is 14.3. The summed E-state index contributed by atoms with van der Waals surface area (Å²) in [6, 6.07) is 14.2. The molecule has 3 aromatic rings. The molecule has 0 saturated heterocycles. The lowest BCUT2D eigenvalue weighted by Crippen LogP contribution is -2.39. The van der Waals surface area contributed by atoms with Gasteiger partial charge < -0.3 is 25.6 Å². The average Bonchev–Trinajstić information content (AvgIpc) is 2.73. The van der Waals surface area contributed by atoms with E-state index in [9.17, 15) is 19.5 Å². The topological polar surface area (TPSA) is 138 Å². The second-order valence-corrected chi connectivity index (χ2v) is 6.37. The molecule has 2 aromatic carbocycles. The van der Waals surface area contributed by atoms with Crippen LogP contribution in [0.4, 0.5) is 0 Å². The van der Waals surface area contributed by atoms with E-state index in [0.717, 1.165) is 0 Å². The Bertz CT molecular complexity index is 1110. The molecule has 0 unspecified atom stereocenters. The van der Waals surface area contributed by atoms with Crippen LogP contribution in [-0.4, -0.2) is 46.1 Å². The molecule has 1 aromatic heterocycles. The van der Waals surface area contributed by atoms with Gasteiger partial charge in [-0.1, -0.05) is 18.2 Å². The molecule has 0 spiro atoms. The number of para-hydroxylation sites is 1. The number of aliphatic carboxylic acids is 1. The van der Waals surface area contributed by atoms with Gasteiger partial charge in [0.05, 0.1) is 6.54 Å². The van der Waals surface area contributed by atoms with Crippen molar-refractivity contribution in [2.24, 2.45) is 0 Å². The predicted octanol–water partition coefficient (Wildman–Crippen LogP) is 1.97. The molecule has 0 saturated carbocycles. The van der Waals surface area contributed by atoms with Gasteiger partial charge in [-0.25, -0.2) is 4.98 Å². The lowest BCUT2D eigenvalue weighted by atomic mass is 10.1. The van der Waals surface area contributed by atoms with Gasteiger partial charge in [0.15, 0.2) is 11.4 Å². The molecule has 0 fully saturated rings. The fourth-order valence-corrected chi connectivity index (χ4v) is 2.77. The van der Waals surface area contributed by atoms with Crippen LogP contribution in [0.15, 0.2) is 48.5 Å². The largest absolute Gasteiger partial charge is 0.505 e. The summed E-state index contributed by atoms with van der Waals surface area (Å²) in [4.78, 5) is 38.5. The number of aromatic hydroxyl groups is 1. The van der Waals surface area contributed by atoms with E-state index >= 15 is 0 Å². The molecule has 0 aliphatic heterocycles. The van der Waals surface area contributed by atoms with Gasteiger partial charge in [0, 0.05) is 16.5 Å². The molecular weight excluding hydrogens is 390 g/mol. The minimum Gasteiger partial charge on any atom is -0.505 e. The smallest absolute Gasteiger partial charge is 0.322 e. The number of ether oxygens (including phenoxy) is 1. The van der Waals surface area contributed by atoms with Crippen LogP contribution >= 0.6 is 0 Å². The van der Waals surface area contributed by atoms with Crippen LogP contribution in [0.2, 0.25) is 0 Å². The number of carboxylic acid groups (broad SMARTS) is 1. The molecule has 30 heavy (non-hydrogen) atoms. The van der Waals surface area contributed by atoms with Crippen molar-refractivity contribution in [2.75, 3.05) is 13.1 Å². The number of carbonyl (C=O) groups excluding carboxylic acids is 2. The Balaban J connectivity index is 1.79. The molecule has 0 radical (unpaired) electrons. The van der Waals surface area contributed by atoms with Crippen molar-refractivity contribution < 1.29 is 29.3 Å². The number of nitrogens with one attached hydrogen (secondary N) is 2. The van der Waals surface area contributed by atoms with Crippen molar-refractivity contribution in [3.63, 3.8) is 0 Å². The number of aryl methyl sites for hydroxylation is 1. The van der Waals surface area contributed by atoms with E-state index in [0.29, 0.717) is 28.0 Å². The van der Waals surface area contributed by atoms with Crippen LogP contribution in [0.25, 0.3) is 10.8 Å². The quantitative estimate of drug-likeness (QED) is 0.468. The summed E-state index contributed by atoms with van der Waals surface area (Å²) in [7, 11) is 0. The van der Waals surface area contributed by atoms with E-state index in [1.54, 1.807) is 25.1 Å². The molecule has 0 atom stereocenters. The number of benzene rings is 2. The second kappa shape index (κ2) is 8.91. The van der Waals surface area contributed by atoms with Crippen molar-refractivity contribution in [2.45, 2.75) is 6.92 Å². The van der Waals surface area contributed by atoms with Crippen molar-refractivity contribution >= 4 is 28.6 Å². The lowest BCUT2D eigenvalue weighted by molar-refractivity contribution is -0.137. The molecule has 3 rings (SSSR count). The Kier molecular flexibility index (Phi) is 6.11. The molecule has 0 aliphatic carbocycles. The minimum absolute atomic E-state index is 0.234. The van der Waals surface area contributed by atoms with Gasteiger partial charge >= 0.3 is 5.97 Å². The Labute approximate surface area is 171 Å². The van der Waals surface area contributed by atoms with Crippen molar-refractivity contribution in [1.29, 1.82) is 0 Å². The van der Waals surface area contributed by atoms with Crippen LogP contribution in [0.1, 0.15) is 16.2 Å². The highest BCUT2D eigenvalue weighted by atomic mass is 16.5. The third kappa shape index (κ3) is 4.82. The molecule has 9 heteroatoms. The molecule has 9 nitrogen and oxygen atoms in total. The first-order valence-corrected chi connectivity index (χ1v) is 8.98. The third-order valence-electron chi connectivity index (χ3n) is 4.18. The maximum atomic E-state index is 12.4. The third-order valence-corrected chi connectivity index (χ3v) is 4.18. The monoisotopic (exact) mass is 409 g/mol. The first-order valence-electron chi connectivity index (χ1n) is 8.98. The van der Waals surface area contributed by atoms with Crippen LogP contribution in [0, 0.1) is 6.92 Å². The zero-order valence-corrected chi connectivity index (χ0v) is 16.0. The number of hydrogen-bond donors (Lipinski definition) is 4. The normalized spacial score (nSPS) is 10.4. The number of aromatic nitrogens is 1. The van der Waals surface area contributed by atoms with Crippen molar-refractivity contribution in [1.82, 2.24) is 15.6 Å². The summed E-state index contributed by atoms with van der Waals surface area (Å²) in [5, 5.41) is 24.5. The second-order valence-electron chi connectivity index (χ2n) is 6.37. The van der Waals surface area contributed by atoms with E-state index in [1.165, 1.54) is 0 Å². The first kappa shape index (κ1) is 20.6. The predicted molar refractivity (Wildman–Crippen MR) is 108 cm³/mol. The molecule has 4 N–H and O–H groups in total. The molecule has 0 aliphatic rings. The van der Waals surface area contributed by atoms with E-state index in [2.05, 4.69) is 15.6 Å². The van der Waals surface area contributed by atoms with E-state index in [4.69, 9.17) is 9.84 Å². The number of carboxylic acids is 1. The summed E-state index contributed by atoms with van der Waals surface area (Å²) in [5.41, 5.74) is 0.254. The highest BCUT2D eigenvalue weighted by Gasteiger charge is 2.19. The number of amides is 2. The van der Waals surface area contributed by atoms with Gasteiger partial charge in [-0.3, -0.25) is 14.4 Å². The minimum atomic E-state index is -1.20. The van der Waals surface area contributed by atoms with Gasteiger partial charge in [-0.15, -0.1) is 0 Å². The zero-order chi connectivity index (χ0) is 21.7. The number of hydrogen-bond acceptors (Lipinski definition) is 6. The number of nitrogens with zero attached hydrogens (tertiary/aromatic N) is 1. The van der Waals surface area contributed by atoms with Crippen molar-refractivity contribution in [3.8, 4) is 17.2 Å². The molecule has 154 valence electrons. The van der Waals surface area contributed by atoms with Crippen LogP contribution in [0.3, 0.4) is 0 Å². The maximum absolute atomic E-state index is 12.4. The number of pyridine rings is 1. The molecule has 0 bridgehead atoms. The summed E-state index contributed by atoms with van der Waals surface area (Å²) in [6.45, 7) is 0.680. The Morgan fingerprint density at radius 3 is 2.40 bits per heavy atom. The van der Waals surface area contributed by atoms with Crippen molar-refractivity contribution in [3.05, 3.63) is 59.9 Å². The number of fused-ring (bicyclic) bond motifs is 1. The SMILES string of the molecule is Cc1nc(C(=O)NCC(=O)NCC(=O)O)c(O)c2ccc(Oc3ccccc3)cc12. The molecular formula is C21H19N3O6. The standard InChI is InChI=1S/C21H19N3O6/c1-12-16-9-14(30-13-5-3-2-4-6-13)7-8-15(16)20(28)19(24-12)21(29)23-10-17(25)22-11-18(26)27/h2-9,28H,10-11H2,1H3,(H,22,25)(H,23,29)(H,26,27). The van der Waals surface area contributed by atoms with E-state index in [-0.39, 0.29) is 11.4 Å². The number of rotatable bonds is 7. The van der Waals surface area contributed by atoms with Crippen LogP contribution in [-0.2, 0) is 9.59 Å². The van der Waals surface area contributed by atoms with Crippen LogP contribution < -0.4 is 15.4 Å². The van der Waals surface area contributed by atoms with Gasteiger partial charge in [-0.2, -0.15) is 0 Å². The van der Waals surface area contributed by atoms with Gasteiger partial charge in [-0.05, 0) is 37.3 Å². The lowest BCUT2D eigenvalue weighted by Gasteiger charge is -2.12. The highest BCUT2D eigenvalue weighted by Crippen LogP contribution is 2.33.